The van der Waals surface area contributed by atoms with Gasteiger partial charge in [0.2, 0.25) is 0 Å². The van der Waals surface area contributed by atoms with Crippen molar-refractivity contribution in [1.29, 1.82) is 0 Å². The molecule has 0 amide bonds. The van der Waals surface area contributed by atoms with Crippen LogP contribution in [0.2, 0.25) is 0 Å². The molecule has 1 fully saturated rings. The van der Waals surface area contributed by atoms with E-state index in [0.29, 0.717) is 13.0 Å². The van der Waals surface area contributed by atoms with Crippen molar-refractivity contribution in [1.82, 2.24) is 0 Å². The molecule has 1 aromatic carbocycles. The SMILES string of the molecule is O=[N+]([O-])c1ccc(F)cc1NCC1(O)CCOC1. The first-order valence-electron chi connectivity index (χ1n) is 5.48. The average Bonchev–Trinajstić information content (AvgIpc) is 2.74. The number of rotatable bonds is 4. The van der Waals surface area contributed by atoms with E-state index in [4.69, 9.17) is 4.74 Å². The van der Waals surface area contributed by atoms with E-state index in [1.807, 2.05) is 0 Å². The van der Waals surface area contributed by atoms with Crippen molar-refractivity contribution in [3.8, 4) is 0 Å². The highest BCUT2D eigenvalue weighted by Gasteiger charge is 2.32. The molecular formula is C11H13FN2O4. The van der Waals surface area contributed by atoms with Crippen LogP contribution in [0.15, 0.2) is 18.2 Å². The first kappa shape index (κ1) is 12.7. The first-order chi connectivity index (χ1) is 8.50. The predicted octanol–water partition coefficient (Wildman–Crippen LogP) is 1.30. The largest absolute Gasteiger partial charge is 0.386 e. The van der Waals surface area contributed by atoms with Gasteiger partial charge in [0.25, 0.3) is 5.69 Å². The number of nitrogens with one attached hydrogen (secondary N) is 1. The van der Waals surface area contributed by atoms with Crippen LogP contribution in [0.4, 0.5) is 15.8 Å². The molecule has 1 aromatic rings. The number of anilines is 1. The van der Waals surface area contributed by atoms with Crippen molar-refractivity contribution in [2.45, 2.75) is 12.0 Å². The molecule has 7 heteroatoms. The number of benzene rings is 1. The monoisotopic (exact) mass is 256 g/mol. The Hall–Kier alpha value is -1.73. The fraction of sp³-hybridized carbons (Fsp3) is 0.455. The molecule has 1 unspecified atom stereocenters. The maximum absolute atomic E-state index is 13.1. The Labute approximate surface area is 103 Å². The van der Waals surface area contributed by atoms with Gasteiger partial charge in [-0.1, -0.05) is 0 Å². The van der Waals surface area contributed by atoms with Crippen molar-refractivity contribution in [2.24, 2.45) is 0 Å². The van der Waals surface area contributed by atoms with Crippen LogP contribution in [-0.2, 0) is 4.74 Å². The number of hydrogen-bond acceptors (Lipinski definition) is 5. The van der Waals surface area contributed by atoms with Crippen molar-refractivity contribution < 1.29 is 19.2 Å². The fourth-order valence-corrected chi connectivity index (χ4v) is 1.80. The topological polar surface area (TPSA) is 84.6 Å². The zero-order valence-electron chi connectivity index (χ0n) is 9.56. The molecule has 1 atom stereocenters. The molecule has 1 heterocycles. The van der Waals surface area contributed by atoms with Crippen molar-refractivity contribution in [2.75, 3.05) is 25.1 Å². The standard InChI is InChI=1S/C11H13FN2O4/c12-8-1-2-10(14(16)17)9(5-8)13-6-11(15)3-4-18-7-11/h1-2,5,13,15H,3-4,6-7H2. The second-order valence-corrected chi connectivity index (χ2v) is 4.30. The normalized spacial score (nSPS) is 23.0. The van der Waals surface area contributed by atoms with Crippen LogP contribution in [0.1, 0.15) is 6.42 Å². The Balaban J connectivity index is 2.12. The quantitative estimate of drug-likeness (QED) is 0.626. The van der Waals surface area contributed by atoms with Crippen LogP contribution < -0.4 is 5.32 Å². The average molecular weight is 256 g/mol. The molecule has 0 aromatic heterocycles. The summed E-state index contributed by atoms with van der Waals surface area (Å²) in [5.74, 6) is -0.572. The zero-order chi connectivity index (χ0) is 13.2. The molecule has 0 spiro atoms. The van der Waals surface area contributed by atoms with E-state index in [1.165, 1.54) is 0 Å². The molecule has 0 radical (unpaired) electrons. The van der Waals surface area contributed by atoms with E-state index in [2.05, 4.69) is 5.32 Å². The van der Waals surface area contributed by atoms with Gasteiger partial charge < -0.3 is 15.2 Å². The summed E-state index contributed by atoms with van der Waals surface area (Å²) >= 11 is 0. The Morgan fingerprint density at radius 3 is 3.00 bits per heavy atom. The van der Waals surface area contributed by atoms with Crippen LogP contribution in [0.3, 0.4) is 0 Å². The van der Waals surface area contributed by atoms with Crippen LogP contribution >= 0.6 is 0 Å². The van der Waals surface area contributed by atoms with Gasteiger partial charge in [-0.25, -0.2) is 4.39 Å². The summed E-state index contributed by atoms with van der Waals surface area (Å²) in [6.07, 6.45) is 0.448. The lowest BCUT2D eigenvalue weighted by atomic mass is 10.0. The van der Waals surface area contributed by atoms with Gasteiger partial charge in [-0.05, 0) is 6.07 Å². The summed E-state index contributed by atoms with van der Waals surface area (Å²) in [6, 6.07) is 3.15. The lowest BCUT2D eigenvalue weighted by Crippen LogP contribution is -2.37. The lowest BCUT2D eigenvalue weighted by molar-refractivity contribution is -0.384. The third kappa shape index (κ3) is 2.74. The lowest BCUT2D eigenvalue weighted by Gasteiger charge is -2.21. The van der Waals surface area contributed by atoms with Crippen molar-refractivity contribution in [3.63, 3.8) is 0 Å². The maximum atomic E-state index is 13.1. The van der Waals surface area contributed by atoms with Gasteiger partial charge >= 0.3 is 0 Å². The van der Waals surface area contributed by atoms with Crippen molar-refractivity contribution >= 4 is 11.4 Å². The Kier molecular flexibility index (Phi) is 3.44. The van der Waals surface area contributed by atoms with Crippen molar-refractivity contribution in [3.05, 3.63) is 34.1 Å². The number of hydrogen-bond donors (Lipinski definition) is 2. The van der Waals surface area contributed by atoms with E-state index >= 15 is 0 Å². The Morgan fingerprint density at radius 2 is 2.39 bits per heavy atom. The highest BCUT2D eigenvalue weighted by Crippen LogP contribution is 2.26. The van der Waals surface area contributed by atoms with Crippen LogP contribution in [0, 0.1) is 15.9 Å². The second-order valence-electron chi connectivity index (χ2n) is 4.30. The minimum absolute atomic E-state index is 0.0559. The summed E-state index contributed by atoms with van der Waals surface area (Å²) in [7, 11) is 0. The van der Waals surface area contributed by atoms with Crippen LogP contribution in [0.5, 0.6) is 0 Å². The van der Waals surface area contributed by atoms with Gasteiger partial charge in [0.1, 0.15) is 17.1 Å². The molecule has 2 N–H and O–H groups in total. The van der Waals surface area contributed by atoms with Gasteiger partial charge in [-0.15, -0.1) is 0 Å². The molecule has 2 rings (SSSR count). The summed E-state index contributed by atoms with van der Waals surface area (Å²) in [5.41, 5.74) is -1.22. The van der Waals surface area contributed by atoms with Gasteiger partial charge in [-0.3, -0.25) is 10.1 Å². The minimum Gasteiger partial charge on any atom is -0.386 e. The summed E-state index contributed by atoms with van der Waals surface area (Å²) < 4.78 is 18.1. The number of ether oxygens (including phenoxy) is 1. The van der Waals surface area contributed by atoms with E-state index in [-0.39, 0.29) is 24.5 Å². The molecule has 0 aliphatic carbocycles. The van der Waals surface area contributed by atoms with Crippen LogP contribution in [0.25, 0.3) is 0 Å². The van der Waals surface area contributed by atoms with Gasteiger partial charge in [0, 0.05) is 31.7 Å². The maximum Gasteiger partial charge on any atom is 0.292 e. The molecular weight excluding hydrogens is 243 g/mol. The fourth-order valence-electron chi connectivity index (χ4n) is 1.80. The minimum atomic E-state index is -1.06. The molecule has 18 heavy (non-hydrogen) atoms. The molecule has 1 aliphatic heterocycles. The molecule has 1 saturated heterocycles. The third-order valence-electron chi connectivity index (χ3n) is 2.85. The van der Waals surface area contributed by atoms with Gasteiger partial charge in [0.05, 0.1) is 11.5 Å². The second kappa shape index (κ2) is 4.87. The molecule has 6 nitrogen and oxygen atoms in total. The summed E-state index contributed by atoms with van der Waals surface area (Å²) in [5, 5.41) is 23.5. The van der Waals surface area contributed by atoms with E-state index in [1.54, 1.807) is 0 Å². The summed E-state index contributed by atoms with van der Waals surface area (Å²) in [4.78, 5) is 10.2. The Bertz CT molecular complexity index is 460. The highest BCUT2D eigenvalue weighted by molar-refractivity contribution is 5.61. The zero-order valence-corrected chi connectivity index (χ0v) is 9.56. The van der Waals surface area contributed by atoms with E-state index in [0.717, 1.165) is 18.2 Å². The third-order valence-corrected chi connectivity index (χ3v) is 2.85. The number of halogens is 1. The smallest absolute Gasteiger partial charge is 0.292 e. The molecule has 0 bridgehead atoms. The Morgan fingerprint density at radius 1 is 1.61 bits per heavy atom. The van der Waals surface area contributed by atoms with Gasteiger partial charge in [-0.2, -0.15) is 0 Å². The number of aliphatic hydroxyl groups is 1. The molecule has 98 valence electrons. The summed E-state index contributed by atoms with van der Waals surface area (Å²) in [6.45, 7) is 0.698. The van der Waals surface area contributed by atoms with Crippen LogP contribution in [-0.4, -0.2) is 35.4 Å². The number of nitrogens with zero attached hydrogens (tertiary/aromatic N) is 1. The van der Waals surface area contributed by atoms with Gasteiger partial charge in [0.15, 0.2) is 0 Å². The number of nitro groups is 1. The van der Waals surface area contributed by atoms with E-state index in [9.17, 15) is 19.6 Å². The number of nitro benzene ring substituents is 1. The molecule has 0 saturated carbocycles. The van der Waals surface area contributed by atoms with E-state index < -0.39 is 16.3 Å². The predicted molar refractivity (Wildman–Crippen MR) is 61.9 cm³/mol. The highest BCUT2D eigenvalue weighted by atomic mass is 19.1. The molecule has 1 aliphatic rings. The first-order valence-corrected chi connectivity index (χ1v) is 5.48.